The fourth-order valence-electron chi connectivity index (χ4n) is 3.78. The summed E-state index contributed by atoms with van der Waals surface area (Å²) < 4.78 is 18.4. The summed E-state index contributed by atoms with van der Waals surface area (Å²) in [7, 11) is 0. The van der Waals surface area contributed by atoms with Crippen molar-refractivity contribution in [2.24, 2.45) is 0 Å². The van der Waals surface area contributed by atoms with Crippen LogP contribution in [-0.4, -0.2) is 56.0 Å². The highest BCUT2D eigenvalue weighted by Gasteiger charge is 2.26. The zero-order valence-electron chi connectivity index (χ0n) is 21.7. The van der Waals surface area contributed by atoms with E-state index in [4.69, 9.17) is 19.2 Å². The summed E-state index contributed by atoms with van der Waals surface area (Å²) in [6, 6.07) is 7.66. The molecule has 0 spiro atoms. The summed E-state index contributed by atoms with van der Waals surface area (Å²) in [5, 5.41) is 3.54. The topological polar surface area (TPSA) is 104 Å². The van der Waals surface area contributed by atoms with Crippen molar-refractivity contribution < 1.29 is 19.0 Å². The first-order valence-corrected chi connectivity index (χ1v) is 12.0. The number of hydrogen-bond donors (Lipinski definition) is 1. The lowest BCUT2D eigenvalue weighted by molar-refractivity contribution is 0.0232. The second-order valence-electron chi connectivity index (χ2n) is 10.3. The largest absolute Gasteiger partial charge is 0.454 e. The molecule has 0 radical (unpaired) electrons. The Morgan fingerprint density at radius 1 is 1.14 bits per heavy atom. The predicted molar refractivity (Wildman–Crippen MR) is 134 cm³/mol. The summed E-state index contributed by atoms with van der Waals surface area (Å²) in [5.74, 6) is 1.96. The van der Waals surface area contributed by atoms with Gasteiger partial charge in [-0.25, -0.2) is 19.7 Å². The van der Waals surface area contributed by atoms with Crippen LogP contribution in [0.3, 0.4) is 0 Å². The van der Waals surface area contributed by atoms with Gasteiger partial charge in [0.1, 0.15) is 11.9 Å². The zero-order chi connectivity index (χ0) is 25.9. The van der Waals surface area contributed by atoms with Crippen LogP contribution < -0.4 is 14.8 Å². The molecule has 0 saturated carbocycles. The Morgan fingerprint density at radius 3 is 2.64 bits per heavy atom. The maximum atomic E-state index is 13.0. The molecule has 0 saturated heterocycles. The van der Waals surface area contributed by atoms with Gasteiger partial charge in [0.25, 0.3) is 0 Å². The number of nitrogens with one attached hydrogen (secondary N) is 1. The van der Waals surface area contributed by atoms with Gasteiger partial charge in [-0.05, 0) is 65.3 Å². The first-order valence-electron chi connectivity index (χ1n) is 12.0. The minimum absolute atomic E-state index is 0.207. The summed E-state index contributed by atoms with van der Waals surface area (Å²) in [6.07, 6.45) is 4.81. The van der Waals surface area contributed by atoms with Crippen LogP contribution in [0.15, 0.2) is 43.0 Å². The Balaban J connectivity index is 1.46. The van der Waals surface area contributed by atoms with Crippen molar-refractivity contribution in [1.82, 2.24) is 29.7 Å². The van der Waals surface area contributed by atoms with Crippen LogP contribution in [0.2, 0.25) is 0 Å². The molecule has 3 aromatic rings. The Kier molecular flexibility index (Phi) is 7.16. The molecule has 1 N–H and O–H groups in total. The van der Waals surface area contributed by atoms with Gasteiger partial charge in [0.05, 0.1) is 11.2 Å². The van der Waals surface area contributed by atoms with E-state index in [2.05, 4.69) is 29.1 Å². The highest BCUT2D eigenvalue weighted by Crippen LogP contribution is 2.33. The smallest absolute Gasteiger partial charge is 0.410 e. The molecule has 0 atom stereocenters. The summed E-state index contributed by atoms with van der Waals surface area (Å²) >= 11 is 0. The normalized spacial score (nSPS) is 13.1. The van der Waals surface area contributed by atoms with E-state index in [1.165, 1.54) is 0 Å². The molecule has 0 fully saturated rings. The molecule has 4 rings (SSSR count). The van der Waals surface area contributed by atoms with Gasteiger partial charge in [-0.3, -0.25) is 4.57 Å². The second-order valence-corrected chi connectivity index (χ2v) is 10.3. The number of nitrogens with zero attached hydrogens (tertiary/aromatic N) is 5. The van der Waals surface area contributed by atoms with Gasteiger partial charge in [0.2, 0.25) is 12.7 Å². The number of fused-ring (bicyclic) bond motifs is 1. The van der Waals surface area contributed by atoms with E-state index in [0.29, 0.717) is 37.1 Å². The molecule has 3 heterocycles. The highest BCUT2D eigenvalue weighted by atomic mass is 16.7. The van der Waals surface area contributed by atoms with Gasteiger partial charge in [0, 0.05) is 37.7 Å². The molecule has 0 aliphatic carbocycles. The lowest BCUT2D eigenvalue weighted by Gasteiger charge is -2.30. The number of carbonyl (C=O) groups excluding carboxylic acids is 1. The minimum Gasteiger partial charge on any atom is -0.454 e. The van der Waals surface area contributed by atoms with E-state index in [0.717, 1.165) is 17.0 Å². The number of benzene rings is 1. The van der Waals surface area contributed by atoms with Gasteiger partial charge in [-0.15, -0.1) is 0 Å². The quantitative estimate of drug-likeness (QED) is 0.502. The number of carbonyl (C=O) groups is 1. The van der Waals surface area contributed by atoms with E-state index in [9.17, 15) is 4.79 Å². The average Bonchev–Trinajstić information content (AvgIpc) is 3.48. The molecule has 1 aliphatic heterocycles. The average molecular weight is 495 g/mol. The molecule has 0 unspecified atom stereocenters. The van der Waals surface area contributed by atoms with Crippen LogP contribution in [0, 0.1) is 6.92 Å². The lowest BCUT2D eigenvalue weighted by atomic mass is 9.99. The number of imidazole rings is 1. The van der Waals surface area contributed by atoms with E-state index in [1.807, 2.05) is 58.2 Å². The molecular weight excluding hydrogens is 460 g/mol. The number of aromatic nitrogens is 4. The molecular formula is C26H34N6O4. The second kappa shape index (κ2) is 10.1. The van der Waals surface area contributed by atoms with E-state index >= 15 is 0 Å². The molecule has 1 amide bonds. The van der Waals surface area contributed by atoms with Gasteiger partial charge < -0.3 is 24.4 Å². The van der Waals surface area contributed by atoms with Crippen LogP contribution in [0.25, 0.3) is 5.95 Å². The van der Waals surface area contributed by atoms with Crippen LogP contribution in [-0.2, 0) is 16.8 Å². The molecule has 2 aromatic heterocycles. The third-order valence-electron chi connectivity index (χ3n) is 5.63. The molecule has 192 valence electrons. The van der Waals surface area contributed by atoms with Crippen LogP contribution >= 0.6 is 0 Å². The number of ether oxygens (including phenoxy) is 3. The first-order chi connectivity index (χ1) is 17.0. The minimum atomic E-state index is -0.598. The third-order valence-corrected chi connectivity index (χ3v) is 5.63. The summed E-state index contributed by atoms with van der Waals surface area (Å²) in [6.45, 7) is 13.2. The van der Waals surface area contributed by atoms with Crippen molar-refractivity contribution in [2.75, 3.05) is 19.9 Å². The van der Waals surface area contributed by atoms with Crippen molar-refractivity contribution in [2.45, 2.75) is 59.2 Å². The fraction of sp³-hybridized carbons (Fsp3) is 0.462. The van der Waals surface area contributed by atoms with Gasteiger partial charge in [-0.1, -0.05) is 6.07 Å². The van der Waals surface area contributed by atoms with E-state index in [-0.39, 0.29) is 12.9 Å². The Hall–Kier alpha value is -3.66. The van der Waals surface area contributed by atoms with Crippen LogP contribution in [0.1, 0.15) is 51.6 Å². The molecule has 10 heteroatoms. The van der Waals surface area contributed by atoms with Crippen molar-refractivity contribution in [3.05, 3.63) is 59.9 Å². The van der Waals surface area contributed by atoms with Gasteiger partial charge in [-0.2, -0.15) is 0 Å². The van der Waals surface area contributed by atoms with Crippen molar-refractivity contribution in [1.29, 1.82) is 0 Å². The third kappa shape index (κ3) is 6.31. The molecule has 0 bridgehead atoms. The fourth-order valence-corrected chi connectivity index (χ4v) is 3.78. The first kappa shape index (κ1) is 25.4. The molecule has 10 nitrogen and oxygen atoms in total. The monoisotopic (exact) mass is 494 g/mol. The van der Waals surface area contributed by atoms with Crippen LogP contribution in [0.5, 0.6) is 11.5 Å². The zero-order valence-corrected chi connectivity index (χ0v) is 21.7. The Morgan fingerprint density at radius 2 is 1.92 bits per heavy atom. The number of amides is 1. The van der Waals surface area contributed by atoms with E-state index < -0.39 is 11.1 Å². The molecule has 1 aromatic carbocycles. The maximum Gasteiger partial charge on any atom is 0.410 e. The van der Waals surface area contributed by atoms with Crippen LogP contribution in [0.4, 0.5) is 4.79 Å². The maximum absolute atomic E-state index is 13.0. The number of aryl methyl sites for hydroxylation is 1. The molecule has 36 heavy (non-hydrogen) atoms. The number of hydrogen-bond acceptors (Lipinski definition) is 8. The summed E-state index contributed by atoms with van der Waals surface area (Å²) in [5.41, 5.74) is 1.57. The predicted octanol–water partition coefficient (Wildman–Crippen LogP) is 3.96. The van der Waals surface area contributed by atoms with Gasteiger partial charge >= 0.3 is 6.09 Å². The van der Waals surface area contributed by atoms with Crippen molar-refractivity contribution in [3.63, 3.8) is 0 Å². The van der Waals surface area contributed by atoms with Gasteiger partial charge in [0.15, 0.2) is 11.5 Å². The van der Waals surface area contributed by atoms with E-state index in [1.54, 1.807) is 22.0 Å². The molecule has 1 aliphatic rings. The SMILES string of the molecule is Cc1cc(C(C)(C)NCCN(Cc2ccc3c(c2)OCO3)C(=O)OC(C)(C)C)nc(-n2ccnc2)n1. The van der Waals surface area contributed by atoms with Crippen molar-refractivity contribution >= 4 is 6.09 Å². The number of rotatable bonds is 8. The Labute approximate surface area is 211 Å². The highest BCUT2D eigenvalue weighted by molar-refractivity contribution is 5.68. The summed E-state index contributed by atoms with van der Waals surface area (Å²) in [4.78, 5) is 28.1. The standard InChI is InChI=1S/C26H34N6O4/c1-18-13-22(30-23(29-18)32-11-9-27-16-32)26(5,6)28-10-12-31(24(33)36-25(2,3)4)15-19-7-8-20-21(14-19)35-17-34-20/h7-9,11,13-14,16,28H,10,12,15,17H2,1-6H3. The lowest BCUT2D eigenvalue weighted by Crippen LogP contribution is -2.44. The Bertz CT molecular complexity index is 1200. The van der Waals surface area contributed by atoms with Crippen molar-refractivity contribution in [3.8, 4) is 17.4 Å².